The molecule has 0 fully saturated rings. The summed E-state index contributed by atoms with van der Waals surface area (Å²) in [7, 11) is 3.00. The van der Waals surface area contributed by atoms with Gasteiger partial charge in [0.15, 0.2) is 11.5 Å². The van der Waals surface area contributed by atoms with Crippen LogP contribution in [0.25, 0.3) is 0 Å². The van der Waals surface area contributed by atoms with Crippen LogP contribution in [0, 0.1) is 0 Å². The first-order valence-electron chi connectivity index (χ1n) is 5.88. The third-order valence-electron chi connectivity index (χ3n) is 2.69. The number of ether oxygens (including phenoxy) is 2. The third kappa shape index (κ3) is 3.05. The molecule has 0 saturated carbocycles. The summed E-state index contributed by atoms with van der Waals surface area (Å²) in [6.45, 7) is 0. The number of aromatic carboxylic acids is 1. The number of carbonyl (C=O) groups is 1. The zero-order valence-electron chi connectivity index (χ0n) is 11.1. The molecule has 0 unspecified atom stereocenters. The molecule has 0 radical (unpaired) electrons. The molecule has 20 heavy (non-hydrogen) atoms. The zero-order valence-corrected chi connectivity index (χ0v) is 11.9. The van der Waals surface area contributed by atoms with Gasteiger partial charge in [0.05, 0.1) is 19.8 Å². The van der Waals surface area contributed by atoms with Crippen molar-refractivity contribution in [1.82, 2.24) is 0 Å². The third-order valence-corrected chi connectivity index (χ3v) is 3.75. The number of hydrogen-bond donors (Lipinski definition) is 1. The van der Waals surface area contributed by atoms with Crippen LogP contribution in [0.2, 0.25) is 0 Å². The van der Waals surface area contributed by atoms with Crippen LogP contribution < -0.4 is 9.47 Å². The van der Waals surface area contributed by atoms with Gasteiger partial charge in [0.1, 0.15) is 0 Å². The second-order valence-corrected chi connectivity index (χ2v) is 5.04. The van der Waals surface area contributed by atoms with Gasteiger partial charge in [-0.15, -0.1) is 0 Å². The normalized spacial score (nSPS) is 10.1. The lowest BCUT2D eigenvalue weighted by atomic mass is 10.2. The fourth-order valence-corrected chi connectivity index (χ4v) is 2.70. The van der Waals surface area contributed by atoms with Gasteiger partial charge in [-0.3, -0.25) is 0 Å². The van der Waals surface area contributed by atoms with E-state index in [0.717, 1.165) is 4.90 Å². The quantitative estimate of drug-likeness (QED) is 0.912. The average molecular weight is 290 g/mol. The lowest BCUT2D eigenvalue weighted by Gasteiger charge is -2.12. The summed E-state index contributed by atoms with van der Waals surface area (Å²) >= 11 is 1.37. The number of rotatable bonds is 5. The van der Waals surface area contributed by atoms with E-state index in [1.54, 1.807) is 6.07 Å². The lowest BCUT2D eigenvalue weighted by Crippen LogP contribution is -2.01. The minimum atomic E-state index is -0.996. The van der Waals surface area contributed by atoms with Crippen LogP contribution >= 0.6 is 11.8 Å². The van der Waals surface area contributed by atoms with Gasteiger partial charge in [0.2, 0.25) is 0 Å². The van der Waals surface area contributed by atoms with E-state index >= 15 is 0 Å². The van der Waals surface area contributed by atoms with Crippen molar-refractivity contribution < 1.29 is 19.4 Å². The van der Waals surface area contributed by atoms with E-state index in [9.17, 15) is 9.90 Å². The first-order valence-corrected chi connectivity index (χ1v) is 6.69. The predicted octanol–water partition coefficient (Wildman–Crippen LogP) is 3.55. The Balaban J connectivity index is 2.47. The molecule has 0 aliphatic rings. The molecule has 0 heterocycles. The summed E-state index contributed by atoms with van der Waals surface area (Å²) in [5, 5.41) is 9.32. The molecule has 0 bridgehead atoms. The van der Waals surface area contributed by atoms with Gasteiger partial charge >= 0.3 is 5.97 Å². The Kier molecular flexibility index (Phi) is 4.53. The van der Waals surface area contributed by atoms with Crippen LogP contribution in [0.5, 0.6) is 11.5 Å². The van der Waals surface area contributed by atoms with Crippen molar-refractivity contribution in [2.24, 2.45) is 0 Å². The predicted molar refractivity (Wildman–Crippen MR) is 77.1 cm³/mol. The molecular weight excluding hydrogens is 276 g/mol. The fraction of sp³-hybridized carbons (Fsp3) is 0.133. The molecule has 1 N–H and O–H groups in total. The Morgan fingerprint density at radius 3 is 2.20 bits per heavy atom. The van der Waals surface area contributed by atoms with Crippen LogP contribution in [-0.2, 0) is 0 Å². The van der Waals surface area contributed by atoms with E-state index in [0.29, 0.717) is 16.4 Å². The van der Waals surface area contributed by atoms with Crippen LogP contribution in [0.1, 0.15) is 10.4 Å². The van der Waals surface area contributed by atoms with Crippen molar-refractivity contribution in [2.75, 3.05) is 14.2 Å². The smallest absolute Gasteiger partial charge is 0.336 e. The second kappa shape index (κ2) is 6.34. The minimum absolute atomic E-state index is 0.191. The van der Waals surface area contributed by atoms with E-state index in [-0.39, 0.29) is 5.56 Å². The van der Waals surface area contributed by atoms with Crippen molar-refractivity contribution in [1.29, 1.82) is 0 Å². The number of benzene rings is 2. The first kappa shape index (κ1) is 14.3. The molecule has 2 aromatic carbocycles. The lowest BCUT2D eigenvalue weighted by molar-refractivity contribution is 0.0692. The zero-order chi connectivity index (χ0) is 14.5. The first-order chi connectivity index (χ1) is 9.65. The standard InChI is InChI=1S/C15H14O4S/c1-18-12-8-11(15(16)17)14(9-13(12)19-2)20-10-6-4-3-5-7-10/h3-9H,1-2H3,(H,16,17). The van der Waals surface area contributed by atoms with Gasteiger partial charge in [-0.2, -0.15) is 0 Å². The molecule has 0 saturated heterocycles. The largest absolute Gasteiger partial charge is 0.493 e. The van der Waals surface area contributed by atoms with Crippen molar-refractivity contribution in [2.45, 2.75) is 9.79 Å². The Morgan fingerprint density at radius 2 is 1.65 bits per heavy atom. The highest BCUT2D eigenvalue weighted by Gasteiger charge is 2.17. The van der Waals surface area contributed by atoms with E-state index in [4.69, 9.17) is 9.47 Å². The maximum atomic E-state index is 11.4. The van der Waals surface area contributed by atoms with Gasteiger partial charge in [-0.1, -0.05) is 30.0 Å². The van der Waals surface area contributed by atoms with Crippen LogP contribution in [-0.4, -0.2) is 25.3 Å². The van der Waals surface area contributed by atoms with Gasteiger partial charge in [-0.05, 0) is 24.3 Å². The number of hydrogen-bond acceptors (Lipinski definition) is 4. The summed E-state index contributed by atoms with van der Waals surface area (Å²) in [5.41, 5.74) is 0.191. The van der Waals surface area contributed by atoms with Crippen molar-refractivity contribution >= 4 is 17.7 Å². The Morgan fingerprint density at radius 1 is 1.05 bits per heavy atom. The summed E-state index contributed by atoms with van der Waals surface area (Å²) in [5.74, 6) is -0.0809. The molecule has 104 valence electrons. The molecule has 0 atom stereocenters. The van der Waals surface area contributed by atoms with Crippen molar-refractivity contribution in [3.8, 4) is 11.5 Å². The molecule has 0 amide bonds. The van der Waals surface area contributed by atoms with Gasteiger partial charge in [0.25, 0.3) is 0 Å². The fourth-order valence-electron chi connectivity index (χ4n) is 1.73. The van der Waals surface area contributed by atoms with E-state index < -0.39 is 5.97 Å². The van der Waals surface area contributed by atoms with E-state index in [2.05, 4.69) is 0 Å². The maximum absolute atomic E-state index is 11.4. The summed E-state index contributed by atoms with van der Waals surface area (Å²) in [6, 6.07) is 12.7. The topological polar surface area (TPSA) is 55.8 Å². The van der Waals surface area contributed by atoms with E-state index in [1.165, 1.54) is 32.0 Å². The van der Waals surface area contributed by atoms with Gasteiger partial charge in [-0.25, -0.2) is 4.79 Å². The van der Waals surface area contributed by atoms with E-state index in [1.807, 2.05) is 30.3 Å². The number of carboxylic acids is 1. The second-order valence-electron chi connectivity index (χ2n) is 3.92. The molecule has 0 aliphatic carbocycles. The molecule has 5 heteroatoms. The number of methoxy groups -OCH3 is 2. The molecular formula is C15H14O4S. The van der Waals surface area contributed by atoms with Crippen LogP contribution in [0.3, 0.4) is 0 Å². The Bertz CT molecular complexity index is 611. The van der Waals surface area contributed by atoms with Crippen LogP contribution in [0.15, 0.2) is 52.3 Å². The monoisotopic (exact) mass is 290 g/mol. The molecule has 2 aromatic rings. The highest BCUT2D eigenvalue weighted by Crippen LogP contribution is 2.38. The SMILES string of the molecule is COc1cc(Sc2ccccc2)c(C(=O)O)cc1OC. The molecule has 0 aliphatic heterocycles. The number of carboxylic acid groups (broad SMARTS) is 1. The summed E-state index contributed by atoms with van der Waals surface area (Å²) in [6.07, 6.45) is 0. The summed E-state index contributed by atoms with van der Waals surface area (Å²) in [4.78, 5) is 12.9. The Hall–Kier alpha value is -2.14. The summed E-state index contributed by atoms with van der Waals surface area (Å²) < 4.78 is 10.4. The minimum Gasteiger partial charge on any atom is -0.493 e. The highest BCUT2D eigenvalue weighted by molar-refractivity contribution is 7.99. The Labute approximate surface area is 121 Å². The molecule has 0 spiro atoms. The van der Waals surface area contributed by atoms with Crippen molar-refractivity contribution in [3.05, 3.63) is 48.0 Å². The maximum Gasteiger partial charge on any atom is 0.336 e. The molecule has 0 aromatic heterocycles. The van der Waals surface area contributed by atoms with Crippen LogP contribution in [0.4, 0.5) is 0 Å². The highest BCUT2D eigenvalue weighted by atomic mass is 32.2. The molecule has 4 nitrogen and oxygen atoms in total. The van der Waals surface area contributed by atoms with Crippen molar-refractivity contribution in [3.63, 3.8) is 0 Å². The average Bonchev–Trinajstić information content (AvgIpc) is 2.47. The van der Waals surface area contributed by atoms with Gasteiger partial charge < -0.3 is 14.6 Å². The molecule has 2 rings (SSSR count). The van der Waals surface area contributed by atoms with Gasteiger partial charge in [0, 0.05) is 9.79 Å².